The second-order valence-electron chi connectivity index (χ2n) is 6.42. The molecule has 4 nitrogen and oxygen atoms in total. The maximum absolute atomic E-state index is 4.32. The molecule has 2 aromatic rings. The van der Waals surface area contributed by atoms with E-state index in [4.69, 9.17) is 0 Å². The lowest BCUT2D eigenvalue weighted by molar-refractivity contribution is 0.547. The average Bonchev–Trinajstić information content (AvgIpc) is 2.63. The van der Waals surface area contributed by atoms with Crippen LogP contribution in [0.1, 0.15) is 19.4 Å². The average molecular weight is 330 g/mol. The largest absolute Gasteiger partial charge is 0.151 e. The molecule has 0 radical (unpaired) electrons. The first-order valence-corrected chi connectivity index (χ1v) is 8.50. The predicted octanol–water partition coefficient (Wildman–Crippen LogP) is 7.22. The van der Waals surface area contributed by atoms with Gasteiger partial charge in [0.1, 0.15) is 0 Å². The zero-order valence-corrected chi connectivity index (χ0v) is 14.8. The van der Waals surface area contributed by atoms with Crippen molar-refractivity contribution in [1.29, 1.82) is 0 Å². The number of azo groups is 2. The Labute approximate surface area is 148 Å². The van der Waals surface area contributed by atoms with Gasteiger partial charge in [0.15, 0.2) is 0 Å². The van der Waals surface area contributed by atoms with Crippen LogP contribution < -0.4 is 0 Å². The third-order valence-electron chi connectivity index (χ3n) is 4.28. The number of nitrogens with zero attached hydrogens (tertiary/aromatic N) is 4. The second kappa shape index (κ2) is 7.79. The number of allylic oxidation sites excluding steroid dienone is 3. The molecule has 1 aliphatic rings. The van der Waals surface area contributed by atoms with Crippen LogP contribution in [0.25, 0.3) is 0 Å². The van der Waals surface area contributed by atoms with Gasteiger partial charge in [-0.05, 0) is 61.2 Å². The summed E-state index contributed by atoms with van der Waals surface area (Å²) in [7, 11) is 0. The number of rotatable bonds is 4. The number of hydrogen-bond acceptors (Lipinski definition) is 4. The van der Waals surface area contributed by atoms with Gasteiger partial charge in [0.2, 0.25) is 0 Å². The molecule has 0 saturated carbocycles. The molecule has 2 aromatic carbocycles. The smallest absolute Gasteiger partial charge is 0.0858 e. The van der Waals surface area contributed by atoms with Crippen LogP contribution >= 0.6 is 0 Å². The van der Waals surface area contributed by atoms with Crippen LogP contribution in [0.2, 0.25) is 0 Å². The van der Waals surface area contributed by atoms with Crippen molar-refractivity contribution in [2.75, 3.05) is 0 Å². The summed E-state index contributed by atoms with van der Waals surface area (Å²) in [5.41, 5.74) is 4.55. The fourth-order valence-corrected chi connectivity index (χ4v) is 2.40. The predicted molar refractivity (Wildman–Crippen MR) is 102 cm³/mol. The van der Waals surface area contributed by atoms with Crippen molar-refractivity contribution < 1.29 is 0 Å². The van der Waals surface area contributed by atoms with Gasteiger partial charge < -0.3 is 0 Å². The van der Waals surface area contributed by atoms with E-state index in [1.807, 2.05) is 54.6 Å². The Balaban J connectivity index is 1.64. The van der Waals surface area contributed by atoms with Gasteiger partial charge in [-0.25, -0.2) is 0 Å². The van der Waals surface area contributed by atoms with E-state index in [1.165, 1.54) is 5.56 Å². The Morgan fingerprint density at radius 1 is 0.640 bits per heavy atom. The molecule has 0 N–H and O–H groups in total. The summed E-state index contributed by atoms with van der Waals surface area (Å²) in [5, 5.41) is 17.1. The molecule has 1 aliphatic carbocycles. The highest BCUT2D eigenvalue weighted by atomic mass is 15.1. The maximum Gasteiger partial charge on any atom is 0.0858 e. The van der Waals surface area contributed by atoms with Crippen molar-refractivity contribution in [2.45, 2.75) is 20.8 Å². The topological polar surface area (TPSA) is 49.4 Å². The zero-order chi connectivity index (χ0) is 17.6. The molecule has 3 rings (SSSR count). The van der Waals surface area contributed by atoms with Gasteiger partial charge in [0.25, 0.3) is 0 Å². The Bertz CT molecular complexity index is 827. The minimum Gasteiger partial charge on any atom is -0.151 e. The first kappa shape index (κ1) is 17.0. The highest BCUT2D eigenvalue weighted by molar-refractivity contribution is 5.47. The summed E-state index contributed by atoms with van der Waals surface area (Å²) >= 11 is 0. The summed E-state index contributed by atoms with van der Waals surface area (Å²) in [6.45, 7) is 6.45. The standard InChI is InChI=1S/C21H22N4/c1-15-4-7-18(8-5-15)22-23-19-10-12-20(13-11-19)24-25-21-9-6-16(2)17(3)14-21/h4-14,16-17H,1-3H3/t16-,17?/m0/s1. The highest BCUT2D eigenvalue weighted by Crippen LogP contribution is 2.25. The molecule has 25 heavy (non-hydrogen) atoms. The van der Waals surface area contributed by atoms with Crippen molar-refractivity contribution in [1.82, 2.24) is 0 Å². The van der Waals surface area contributed by atoms with Crippen LogP contribution in [-0.2, 0) is 0 Å². The van der Waals surface area contributed by atoms with Crippen LogP contribution in [0, 0.1) is 18.8 Å². The van der Waals surface area contributed by atoms with Crippen molar-refractivity contribution in [2.24, 2.45) is 32.3 Å². The molecular formula is C21H22N4. The van der Waals surface area contributed by atoms with Gasteiger partial charge >= 0.3 is 0 Å². The zero-order valence-electron chi connectivity index (χ0n) is 14.8. The van der Waals surface area contributed by atoms with Crippen LogP contribution in [-0.4, -0.2) is 0 Å². The van der Waals surface area contributed by atoms with Gasteiger partial charge in [-0.1, -0.05) is 43.7 Å². The molecule has 0 spiro atoms. The number of aryl methyl sites for hydroxylation is 1. The minimum absolute atomic E-state index is 0.489. The lowest BCUT2D eigenvalue weighted by Gasteiger charge is -2.16. The fourth-order valence-electron chi connectivity index (χ4n) is 2.40. The van der Waals surface area contributed by atoms with E-state index >= 15 is 0 Å². The summed E-state index contributed by atoms with van der Waals surface area (Å²) in [6.07, 6.45) is 6.35. The third-order valence-corrected chi connectivity index (χ3v) is 4.28. The summed E-state index contributed by atoms with van der Waals surface area (Å²) in [4.78, 5) is 0. The molecule has 0 aliphatic heterocycles. The Hall–Kier alpha value is -2.88. The van der Waals surface area contributed by atoms with Crippen molar-refractivity contribution in [3.8, 4) is 0 Å². The van der Waals surface area contributed by atoms with Crippen molar-refractivity contribution in [3.63, 3.8) is 0 Å². The van der Waals surface area contributed by atoms with Crippen LogP contribution in [0.5, 0.6) is 0 Å². The summed E-state index contributed by atoms with van der Waals surface area (Å²) in [6, 6.07) is 15.5. The molecule has 0 amide bonds. The van der Waals surface area contributed by atoms with E-state index < -0.39 is 0 Å². The lowest BCUT2D eigenvalue weighted by Crippen LogP contribution is -2.05. The molecule has 0 saturated heterocycles. The van der Waals surface area contributed by atoms with Gasteiger partial charge in [-0.15, -0.1) is 0 Å². The summed E-state index contributed by atoms with van der Waals surface area (Å²) in [5.74, 6) is 1.04. The Morgan fingerprint density at radius 2 is 1.12 bits per heavy atom. The molecule has 1 unspecified atom stereocenters. The highest BCUT2D eigenvalue weighted by Gasteiger charge is 2.11. The molecule has 0 aromatic heterocycles. The SMILES string of the molecule is Cc1ccc(N=Nc2ccc(N=NC3=CC(C)[C@@H](C)C=C3)cc2)cc1. The molecule has 0 fully saturated rings. The second-order valence-corrected chi connectivity index (χ2v) is 6.42. The molecule has 0 bridgehead atoms. The van der Waals surface area contributed by atoms with Crippen molar-refractivity contribution >= 4 is 17.1 Å². The quantitative estimate of drug-likeness (QED) is 0.531. The molecular weight excluding hydrogens is 308 g/mol. The van der Waals surface area contributed by atoms with Crippen LogP contribution in [0.3, 0.4) is 0 Å². The van der Waals surface area contributed by atoms with E-state index in [0.717, 1.165) is 22.8 Å². The Kier molecular flexibility index (Phi) is 5.29. The van der Waals surface area contributed by atoms with Gasteiger partial charge in [-0.2, -0.15) is 20.5 Å². The number of hydrogen-bond donors (Lipinski definition) is 0. The van der Waals surface area contributed by atoms with Crippen LogP contribution in [0.4, 0.5) is 17.1 Å². The van der Waals surface area contributed by atoms with E-state index in [2.05, 4.69) is 53.4 Å². The lowest BCUT2D eigenvalue weighted by atomic mass is 9.91. The molecule has 2 atom stereocenters. The Morgan fingerprint density at radius 3 is 1.64 bits per heavy atom. The van der Waals surface area contributed by atoms with Gasteiger partial charge in [0, 0.05) is 0 Å². The first-order valence-electron chi connectivity index (χ1n) is 8.50. The van der Waals surface area contributed by atoms with Crippen molar-refractivity contribution in [3.05, 3.63) is 78.0 Å². The summed E-state index contributed by atoms with van der Waals surface area (Å²) < 4.78 is 0. The first-order chi connectivity index (χ1) is 12.1. The maximum atomic E-state index is 4.32. The molecule has 4 heteroatoms. The monoisotopic (exact) mass is 330 g/mol. The van der Waals surface area contributed by atoms with Crippen LogP contribution in [0.15, 0.2) is 92.9 Å². The van der Waals surface area contributed by atoms with E-state index in [9.17, 15) is 0 Å². The third kappa shape index (κ3) is 4.80. The van der Waals surface area contributed by atoms with Gasteiger partial charge in [-0.3, -0.25) is 0 Å². The van der Waals surface area contributed by atoms with Gasteiger partial charge in [0.05, 0.1) is 22.8 Å². The molecule has 126 valence electrons. The van der Waals surface area contributed by atoms with E-state index in [-0.39, 0.29) is 0 Å². The molecule has 0 heterocycles. The van der Waals surface area contributed by atoms with E-state index in [1.54, 1.807) is 0 Å². The number of benzene rings is 2. The van der Waals surface area contributed by atoms with E-state index in [0.29, 0.717) is 11.8 Å². The minimum atomic E-state index is 0.489. The fraction of sp³-hybridized carbons (Fsp3) is 0.238. The normalized spacial score (nSPS) is 20.4.